The summed E-state index contributed by atoms with van der Waals surface area (Å²) in [4.78, 5) is 10.9. The lowest BCUT2D eigenvalue weighted by Gasteiger charge is -2.06. The Morgan fingerprint density at radius 3 is 2.89 bits per heavy atom. The molecule has 1 heterocycles. The van der Waals surface area contributed by atoms with Gasteiger partial charge in [0.1, 0.15) is 0 Å². The Morgan fingerprint density at radius 2 is 2.28 bits per heavy atom. The van der Waals surface area contributed by atoms with E-state index < -0.39 is 0 Å². The van der Waals surface area contributed by atoms with Crippen LogP contribution < -0.4 is 5.32 Å². The van der Waals surface area contributed by atoms with E-state index in [2.05, 4.69) is 29.0 Å². The normalized spacial score (nSPS) is 10.9. The minimum absolute atomic E-state index is 0.152. The number of ether oxygens (including phenoxy) is 1. The molecule has 0 fully saturated rings. The number of aromatic nitrogens is 2. The minimum Gasteiger partial charge on any atom is -0.469 e. The highest BCUT2D eigenvalue weighted by Crippen LogP contribution is 2.16. The van der Waals surface area contributed by atoms with Gasteiger partial charge in [-0.05, 0) is 18.9 Å². The third kappa shape index (κ3) is 4.49. The smallest absolute Gasteiger partial charge is 0.305 e. The van der Waals surface area contributed by atoms with E-state index in [1.807, 2.05) is 17.9 Å². The molecule has 0 aliphatic heterocycles. The molecule has 0 amide bonds. The average molecular weight is 253 g/mol. The topological polar surface area (TPSA) is 56.1 Å². The highest BCUT2D eigenvalue weighted by atomic mass is 16.5. The Balaban J connectivity index is 2.33. The third-order valence-corrected chi connectivity index (χ3v) is 2.76. The zero-order valence-electron chi connectivity index (χ0n) is 11.7. The summed E-state index contributed by atoms with van der Waals surface area (Å²) in [5.74, 6) is 0.277. The number of nitrogens with zero attached hydrogens (tertiary/aromatic N) is 2. The Kier molecular flexibility index (Phi) is 5.85. The number of esters is 1. The second kappa shape index (κ2) is 7.16. The van der Waals surface area contributed by atoms with Gasteiger partial charge in [0, 0.05) is 31.8 Å². The van der Waals surface area contributed by atoms with Crippen molar-refractivity contribution < 1.29 is 9.53 Å². The maximum atomic E-state index is 10.9. The van der Waals surface area contributed by atoms with Crippen LogP contribution in [0, 0.1) is 0 Å². The van der Waals surface area contributed by atoms with Crippen LogP contribution in [0.25, 0.3) is 0 Å². The van der Waals surface area contributed by atoms with E-state index in [1.54, 1.807) is 0 Å². The second-order valence-electron chi connectivity index (χ2n) is 4.72. The zero-order valence-corrected chi connectivity index (χ0v) is 11.7. The van der Waals surface area contributed by atoms with Crippen molar-refractivity contribution >= 4 is 5.97 Å². The Hall–Kier alpha value is -1.36. The predicted molar refractivity (Wildman–Crippen MR) is 70.3 cm³/mol. The van der Waals surface area contributed by atoms with E-state index in [1.165, 1.54) is 12.7 Å². The van der Waals surface area contributed by atoms with Gasteiger partial charge in [0.2, 0.25) is 0 Å². The van der Waals surface area contributed by atoms with Crippen molar-refractivity contribution in [3.63, 3.8) is 0 Å². The SMILES string of the molecule is COC(=O)CCCNCc1cn(C)nc1C(C)C. The molecule has 0 atom stereocenters. The Labute approximate surface area is 109 Å². The van der Waals surface area contributed by atoms with Crippen LogP contribution in [0.4, 0.5) is 0 Å². The van der Waals surface area contributed by atoms with Gasteiger partial charge in [-0.1, -0.05) is 13.8 Å². The van der Waals surface area contributed by atoms with E-state index in [4.69, 9.17) is 0 Å². The van der Waals surface area contributed by atoms with Gasteiger partial charge >= 0.3 is 5.97 Å². The third-order valence-electron chi connectivity index (χ3n) is 2.76. The molecule has 1 aromatic rings. The minimum atomic E-state index is -0.152. The molecule has 0 aliphatic rings. The van der Waals surface area contributed by atoms with Crippen molar-refractivity contribution in [2.75, 3.05) is 13.7 Å². The molecule has 0 radical (unpaired) electrons. The standard InChI is InChI=1S/C13H23N3O2/c1-10(2)13-11(9-16(3)15-13)8-14-7-5-6-12(17)18-4/h9-10,14H,5-8H2,1-4H3. The number of methoxy groups -OCH3 is 1. The molecule has 1 aromatic heterocycles. The number of rotatable bonds is 7. The molecule has 0 aromatic carbocycles. The van der Waals surface area contributed by atoms with Gasteiger partial charge in [-0.25, -0.2) is 0 Å². The van der Waals surface area contributed by atoms with Gasteiger partial charge in [-0.15, -0.1) is 0 Å². The summed E-state index contributed by atoms with van der Waals surface area (Å²) in [6.07, 6.45) is 3.31. The summed E-state index contributed by atoms with van der Waals surface area (Å²) in [6, 6.07) is 0. The molecule has 5 heteroatoms. The maximum Gasteiger partial charge on any atom is 0.305 e. The lowest BCUT2D eigenvalue weighted by Crippen LogP contribution is -2.16. The molecule has 1 rings (SSSR count). The number of hydrogen-bond donors (Lipinski definition) is 1. The van der Waals surface area contributed by atoms with Gasteiger partial charge in [-0.2, -0.15) is 5.10 Å². The van der Waals surface area contributed by atoms with E-state index in [-0.39, 0.29) is 5.97 Å². The zero-order chi connectivity index (χ0) is 13.5. The van der Waals surface area contributed by atoms with Crippen LogP contribution in [0.1, 0.15) is 43.9 Å². The van der Waals surface area contributed by atoms with Crippen molar-refractivity contribution in [1.29, 1.82) is 0 Å². The molecule has 18 heavy (non-hydrogen) atoms. The molecule has 1 N–H and O–H groups in total. The first-order chi connectivity index (χ1) is 8.54. The number of carbonyl (C=O) groups excluding carboxylic acids is 1. The molecule has 0 unspecified atom stereocenters. The van der Waals surface area contributed by atoms with Crippen molar-refractivity contribution in [2.24, 2.45) is 7.05 Å². The molecule has 0 aliphatic carbocycles. The van der Waals surface area contributed by atoms with Gasteiger partial charge < -0.3 is 10.1 Å². The summed E-state index contributed by atoms with van der Waals surface area (Å²) in [5.41, 5.74) is 2.36. The van der Waals surface area contributed by atoms with E-state index >= 15 is 0 Å². The van der Waals surface area contributed by atoms with Crippen LogP contribution in [0.5, 0.6) is 0 Å². The number of hydrogen-bond acceptors (Lipinski definition) is 4. The van der Waals surface area contributed by atoms with Crippen molar-refractivity contribution in [2.45, 2.75) is 39.2 Å². The first kappa shape index (κ1) is 14.7. The van der Waals surface area contributed by atoms with Crippen LogP contribution in [-0.2, 0) is 23.1 Å². The summed E-state index contributed by atoms with van der Waals surface area (Å²) < 4.78 is 6.44. The summed E-state index contributed by atoms with van der Waals surface area (Å²) in [5, 5.41) is 7.78. The Bertz CT molecular complexity index is 386. The van der Waals surface area contributed by atoms with Crippen LogP contribution in [0.15, 0.2) is 6.20 Å². The van der Waals surface area contributed by atoms with E-state index in [0.29, 0.717) is 12.3 Å². The van der Waals surface area contributed by atoms with E-state index in [0.717, 1.165) is 25.2 Å². The lowest BCUT2D eigenvalue weighted by molar-refractivity contribution is -0.140. The number of aryl methyl sites for hydroxylation is 1. The summed E-state index contributed by atoms with van der Waals surface area (Å²) in [7, 11) is 3.35. The molecular weight excluding hydrogens is 230 g/mol. The molecule has 102 valence electrons. The van der Waals surface area contributed by atoms with Crippen molar-refractivity contribution in [1.82, 2.24) is 15.1 Å². The monoisotopic (exact) mass is 253 g/mol. The summed E-state index contributed by atoms with van der Waals surface area (Å²) >= 11 is 0. The van der Waals surface area contributed by atoms with Crippen molar-refractivity contribution in [3.8, 4) is 0 Å². The quantitative estimate of drug-likeness (QED) is 0.592. The fourth-order valence-corrected chi connectivity index (χ4v) is 1.86. The van der Waals surface area contributed by atoms with E-state index in [9.17, 15) is 4.79 Å². The van der Waals surface area contributed by atoms with Crippen LogP contribution >= 0.6 is 0 Å². The van der Waals surface area contributed by atoms with Crippen molar-refractivity contribution in [3.05, 3.63) is 17.5 Å². The fraction of sp³-hybridized carbons (Fsp3) is 0.692. The maximum absolute atomic E-state index is 10.9. The number of nitrogens with one attached hydrogen (secondary N) is 1. The molecular formula is C13H23N3O2. The lowest BCUT2D eigenvalue weighted by atomic mass is 10.1. The average Bonchev–Trinajstić information content (AvgIpc) is 2.70. The molecule has 0 saturated carbocycles. The van der Waals surface area contributed by atoms with Gasteiger partial charge in [0.05, 0.1) is 12.8 Å². The highest BCUT2D eigenvalue weighted by molar-refractivity contribution is 5.69. The molecule has 0 spiro atoms. The molecule has 0 bridgehead atoms. The van der Waals surface area contributed by atoms with Gasteiger partial charge in [-0.3, -0.25) is 9.48 Å². The fourth-order valence-electron chi connectivity index (χ4n) is 1.86. The molecule has 0 saturated heterocycles. The van der Waals surface area contributed by atoms with Gasteiger partial charge in [0.25, 0.3) is 0 Å². The largest absolute Gasteiger partial charge is 0.469 e. The first-order valence-electron chi connectivity index (χ1n) is 6.34. The second-order valence-corrected chi connectivity index (χ2v) is 4.72. The predicted octanol–water partition coefficient (Wildman–Crippen LogP) is 1.59. The van der Waals surface area contributed by atoms with Crippen LogP contribution in [0.2, 0.25) is 0 Å². The Morgan fingerprint density at radius 1 is 1.56 bits per heavy atom. The number of carbonyl (C=O) groups is 1. The van der Waals surface area contributed by atoms with Gasteiger partial charge in [0.15, 0.2) is 0 Å². The molecule has 5 nitrogen and oxygen atoms in total. The summed E-state index contributed by atoms with van der Waals surface area (Å²) in [6.45, 7) is 5.89. The van der Waals surface area contributed by atoms with Crippen LogP contribution in [0.3, 0.4) is 0 Å². The highest BCUT2D eigenvalue weighted by Gasteiger charge is 2.10. The van der Waals surface area contributed by atoms with Crippen LogP contribution in [-0.4, -0.2) is 29.4 Å². The first-order valence-corrected chi connectivity index (χ1v) is 6.34.